The zero-order chi connectivity index (χ0) is 21.5. The molecule has 0 atom stereocenters. The molecule has 0 bridgehead atoms. The second-order valence-electron chi connectivity index (χ2n) is 6.16. The van der Waals surface area contributed by atoms with Crippen LogP contribution >= 0.6 is 0 Å². The van der Waals surface area contributed by atoms with Crippen LogP contribution in [0, 0.1) is 20.5 Å². The Labute approximate surface area is 180 Å². The van der Waals surface area contributed by atoms with Crippen molar-refractivity contribution in [2.75, 3.05) is 73.5 Å². The maximum absolute atomic E-state index is 8.60. The van der Waals surface area contributed by atoms with Gasteiger partial charge in [-0.2, -0.15) is 28.0 Å². The number of rotatable bonds is 0. The monoisotopic (exact) mass is 500 g/mol. The predicted molar refractivity (Wildman–Crippen MR) is 79.0 cm³/mol. The summed E-state index contributed by atoms with van der Waals surface area (Å²) in [4.78, 5) is 7.32. The van der Waals surface area contributed by atoms with Crippen LogP contribution in [0.2, 0.25) is 0 Å². The minimum atomic E-state index is -4.69. The SMILES string of the molecule is CN1CCCN(C)CCN(C)CCCNCC1.[Ni].[O-][Cl+3]([O-])([O-])O.[O-][Cl+3]([O-])([O-])O. The fourth-order valence-electron chi connectivity index (χ4n) is 2.16. The number of nitrogens with zero attached hydrogens (tertiary/aromatic N) is 3. The third-order valence-corrected chi connectivity index (χ3v) is 3.51. The maximum atomic E-state index is 8.60. The van der Waals surface area contributed by atoms with Crippen LogP contribution in [-0.4, -0.2) is 97.5 Å². The summed E-state index contributed by atoms with van der Waals surface area (Å²) in [6.07, 6.45) is 2.53. The first-order valence-corrected chi connectivity index (χ1v) is 10.7. The van der Waals surface area contributed by atoms with Crippen LogP contribution in [0.5, 0.6) is 0 Å². The third-order valence-electron chi connectivity index (χ3n) is 3.51. The fraction of sp³-hybridized carbons (Fsp3) is 1.00. The molecule has 0 aliphatic carbocycles. The molecule has 176 valence electrons. The molecule has 0 radical (unpaired) electrons. The standard InChI is InChI=1S/C13H30N4.2ClHO4.Ni/c1-15-9-5-10-17(3)13-12-16(2)8-4-6-14-7-11-15;2*2-1(3,4)5;/h14H,4-13H2,1-3H3;2*(H,2,3,4,5);. The van der Waals surface area contributed by atoms with E-state index >= 15 is 0 Å². The van der Waals surface area contributed by atoms with Crippen molar-refractivity contribution in [1.82, 2.24) is 20.0 Å². The molecule has 0 aromatic carbocycles. The van der Waals surface area contributed by atoms with E-state index in [4.69, 9.17) is 37.3 Å². The van der Waals surface area contributed by atoms with E-state index in [1.54, 1.807) is 0 Å². The van der Waals surface area contributed by atoms with E-state index in [2.05, 4.69) is 41.2 Å². The Morgan fingerprint density at radius 3 is 1.32 bits per heavy atom. The first-order chi connectivity index (χ1) is 12.2. The molecule has 1 aliphatic heterocycles. The molecule has 0 amide bonds. The summed E-state index contributed by atoms with van der Waals surface area (Å²) in [5, 5.41) is 3.52. The van der Waals surface area contributed by atoms with Gasteiger partial charge < -0.3 is 20.0 Å². The Hall–Kier alpha value is 0.594. The van der Waals surface area contributed by atoms with Crippen molar-refractivity contribution in [3.8, 4) is 0 Å². The average molecular weight is 502 g/mol. The summed E-state index contributed by atoms with van der Waals surface area (Å²) in [6.45, 7) is 9.44. The Morgan fingerprint density at radius 1 is 0.607 bits per heavy atom. The quantitative estimate of drug-likeness (QED) is 0.265. The van der Waals surface area contributed by atoms with Gasteiger partial charge in [0.2, 0.25) is 0 Å². The van der Waals surface area contributed by atoms with Crippen molar-refractivity contribution in [3.63, 3.8) is 0 Å². The zero-order valence-electron chi connectivity index (χ0n) is 16.3. The molecule has 1 fully saturated rings. The Kier molecular flexibility index (Phi) is 21.8. The molecule has 1 heterocycles. The van der Waals surface area contributed by atoms with Crippen LogP contribution in [0.25, 0.3) is 0 Å². The molecular weight excluding hydrogens is 470 g/mol. The van der Waals surface area contributed by atoms with Gasteiger partial charge in [-0.05, 0) is 60.2 Å². The van der Waals surface area contributed by atoms with E-state index in [1.807, 2.05) is 0 Å². The van der Waals surface area contributed by atoms with Gasteiger partial charge in [0.25, 0.3) is 0 Å². The van der Waals surface area contributed by atoms with Crippen LogP contribution in [0.3, 0.4) is 0 Å². The molecule has 0 spiro atoms. The molecule has 0 saturated carbocycles. The normalized spacial score (nSPS) is 19.8. The molecule has 1 rings (SSSR count). The van der Waals surface area contributed by atoms with Gasteiger partial charge in [0.15, 0.2) is 0 Å². The van der Waals surface area contributed by atoms with E-state index in [-0.39, 0.29) is 16.5 Å². The Balaban J connectivity index is -0.000000473. The maximum Gasteiger partial charge on any atom is 0.0777 e. The van der Waals surface area contributed by atoms with Crippen LogP contribution < -0.4 is 33.3 Å². The van der Waals surface area contributed by atoms with Crippen LogP contribution in [0.4, 0.5) is 0 Å². The summed E-state index contributed by atoms with van der Waals surface area (Å²) in [5.74, 6) is 0. The summed E-state index contributed by atoms with van der Waals surface area (Å²) < 4.78 is 65.4. The first kappa shape index (κ1) is 33.2. The zero-order valence-corrected chi connectivity index (χ0v) is 18.8. The summed E-state index contributed by atoms with van der Waals surface area (Å²) in [7, 11) is -2.70. The number of likely N-dealkylation sites (N-methyl/N-ethyl adjacent to an activating group) is 3. The topological polar surface area (TPSA) is 201 Å². The molecule has 0 aromatic heterocycles. The number of hydrogen-bond donors (Lipinski definition) is 3. The first-order valence-electron chi connectivity index (χ1n) is 8.21. The largest absolute Gasteiger partial charge is 0.315 e. The minimum Gasteiger partial charge on any atom is -0.315 e. The smallest absolute Gasteiger partial charge is 0.0777 e. The molecule has 0 unspecified atom stereocenters. The summed E-state index contributed by atoms with van der Waals surface area (Å²) in [5.41, 5.74) is 0. The number of hydrogen-bond acceptors (Lipinski definition) is 12. The van der Waals surface area contributed by atoms with Crippen molar-refractivity contribution in [3.05, 3.63) is 0 Å². The molecular formula is C13H32Cl2N4NiO8. The van der Waals surface area contributed by atoms with Crippen molar-refractivity contribution in [2.24, 2.45) is 0 Å². The second-order valence-corrected chi connectivity index (χ2v) is 7.74. The van der Waals surface area contributed by atoms with Gasteiger partial charge in [0, 0.05) is 42.7 Å². The predicted octanol–water partition coefficient (Wildman–Crippen LogP) is -8.09. The Morgan fingerprint density at radius 2 is 0.929 bits per heavy atom. The minimum absolute atomic E-state index is 0. The van der Waals surface area contributed by atoms with Crippen molar-refractivity contribution < 1.29 is 74.2 Å². The van der Waals surface area contributed by atoms with Crippen molar-refractivity contribution in [1.29, 1.82) is 0 Å². The van der Waals surface area contributed by atoms with Gasteiger partial charge in [-0.15, -0.1) is 0 Å². The average Bonchev–Trinajstić information content (AvgIpc) is 2.44. The summed E-state index contributed by atoms with van der Waals surface area (Å²) in [6, 6.07) is 0. The number of nitrogens with one attached hydrogen (secondary N) is 1. The van der Waals surface area contributed by atoms with Crippen molar-refractivity contribution >= 4 is 0 Å². The van der Waals surface area contributed by atoms with E-state index in [0.717, 1.165) is 13.1 Å². The summed E-state index contributed by atoms with van der Waals surface area (Å²) >= 11 is 0. The molecule has 1 aliphatic rings. The molecule has 0 aromatic rings. The molecule has 3 N–H and O–H groups in total. The van der Waals surface area contributed by atoms with E-state index < -0.39 is 20.5 Å². The molecule has 1 saturated heterocycles. The van der Waals surface area contributed by atoms with Crippen LogP contribution in [-0.2, 0) is 16.5 Å². The van der Waals surface area contributed by atoms with Gasteiger partial charge in [0.05, 0.1) is 29.8 Å². The van der Waals surface area contributed by atoms with Gasteiger partial charge in [-0.1, -0.05) is 0 Å². The van der Waals surface area contributed by atoms with Gasteiger partial charge in [-0.25, -0.2) is 0 Å². The van der Waals surface area contributed by atoms with Crippen LogP contribution in [0.15, 0.2) is 0 Å². The van der Waals surface area contributed by atoms with Crippen molar-refractivity contribution in [2.45, 2.75) is 12.8 Å². The molecule has 15 heteroatoms. The second kappa shape index (κ2) is 18.4. The van der Waals surface area contributed by atoms with E-state index in [1.165, 1.54) is 52.1 Å². The van der Waals surface area contributed by atoms with Gasteiger partial charge in [-0.3, -0.25) is 0 Å². The molecule has 28 heavy (non-hydrogen) atoms. The van der Waals surface area contributed by atoms with Gasteiger partial charge in [0.1, 0.15) is 0 Å². The van der Waals surface area contributed by atoms with E-state index in [0.29, 0.717) is 0 Å². The number of halogens is 2. The third kappa shape index (κ3) is 41.1. The van der Waals surface area contributed by atoms with E-state index in [9.17, 15) is 0 Å². The Bertz CT molecular complexity index is 329. The van der Waals surface area contributed by atoms with Crippen LogP contribution in [0.1, 0.15) is 12.8 Å². The fourth-order valence-corrected chi connectivity index (χ4v) is 2.16. The molecule has 12 nitrogen and oxygen atoms in total. The van der Waals surface area contributed by atoms with Gasteiger partial charge >= 0.3 is 0 Å².